The first-order valence-corrected chi connectivity index (χ1v) is 14.7. The maximum Gasteiger partial charge on any atom is 0.405 e. The van der Waals surface area contributed by atoms with Crippen molar-refractivity contribution in [2.24, 2.45) is 35.3 Å². The second kappa shape index (κ2) is 15.8. The standard InChI is InChI=1S/C22H37NO6.C8H17NO2/c1-8-17-22(7,29-21(23)27)11-15(5)18(24)13(3)9-12(2)10-14(4)19(25)16(6)20(26)28-17;1-6-4-7(9(2)3)5-8(10)11-6/h12-17H,8-11H2,1-7H3,(H2,23,27);6-8,10H,4-5H2,1-3H3/t12?,13-,14?,15-,16?,17?,22+;/m1./s1. The summed E-state index contributed by atoms with van der Waals surface area (Å²) in [6.07, 6.45) is 1.35. The van der Waals surface area contributed by atoms with E-state index in [1.807, 2.05) is 34.9 Å². The number of nitrogens with zero attached hydrogens (tertiary/aromatic N) is 1. The van der Waals surface area contributed by atoms with Gasteiger partial charge >= 0.3 is 12.1 Å². The van der Waals surface area contributed by atoms with Crippen molar-refractivity contribution < 1.29 is 38.5 Å². The van der Waals surface area contributed by atoms with Crippen LogP contribution in [-0.2, 0) is 28.6 Å². The molecule has 1 amide bonds. The largest absolute Gasteiger partial charge is 0.458 e. The molecular formula is C30H54N2O8. The predicted octanol–water partition coefficient (Wildman–Crippen LogP) is 4.10. The maximum atomic E-state index is 12.9. The number of ketones is 2. The Labute approximate surface area is 240 Å². The number of aliphatic hydroxyl groups is 1. The second-order valence-corrected chi connectivity index (χ2v) is 12.6. The lowest BCUT2D eigenvalue weighted by molar-refractivity contribution is -0.172. The molecular weight excluding hydrogens is 516 g/mol. The molecule has 232 valence electrons. The van der Waals surface area contributed by atoms with Gasteiger partial charge < -0.3 is 30.0 Å². The van der Waals surface area contributed by atoms with Crippen molar-refractivity contribution in [3.8, 4) is 0 Å². The topological polar surface area (TPSA) is 145 Å². The predicted molar refractivity (Wildman–Crippen MR) is 152 cm³/mol. The highest BCUT2D eigenvalue weighted by Crippen LogP contribution is 2.33. The van der Waals surface area contributed by atoms with Crippen LogP contribution in [0.5, 0.6) is 0 Å². The molecule has 0 radical (unpaired) electrons. The second-order valence-electron chi connectivity index (χ2n) is 12.6. The third-order valence-corrected chi connectivity index (χ3v) is 8.30. The fourth-order valence-corrected chi connectivity index (χ4v) is 6.14. The van der Waals surface area contributed by atoms with Gasteiger partial charge in [0.2, 0.25) is 0 Å². The summed E-state index contributed by atoms with van der Waals surface area (Å²) in [5.74, 6) is -2.45. The summed E-state index contributed by atoms with van der Waals surface area (Å²) in [6.45, 7) is 14.5. The Balaban J connectivity index is 0.000000603. The number of cyclic esters (lactones) is 1. The molecule has 2 saturated heterocycles. The first kappa shape index (κ1) is 36.0. The average molecular weight is 571 g/mol. The zero-order chi connectivity index (χ0) is 30.9. The molecule has 2 fully saturated rings. The molecule has 2 aliphatic heterocycles. The number of hydrogen-bond acceptors (Lipinski definition) is 9. The molecule has 0 spiro atoms. The minimum Gasteiger partial charge on any atom is -0.458 e. The van der Waals surface area contributed by atoms with Crippen molar-refractivity contribution in [1.82, 2.24) is 4.90 Å². The molecule has 40 heavy (non-hydrogen) atoms. The molecule has 0 aliphatic carbocycles. The number of esters is 1. The van der Waals surface area contributed by atoms with Crippen LogP contribution in [0.4, 0.5) is 4.79 Å². The number of nitrogens with two attached hydrogens (primary N) is 1. The van der Waals surface area contributed by atoms with Gasteiger partial charge in [-0.2, -0.15) is 0 Å². The van der Waals surface area contributed by atoms with E-state index in [1.54, 1.807) is 34.6 Å². The fourth-order valence-electron chi connectivity index (χ4n) is 6.14. The highest BCUT2D eigenvalue weighted by atomic mass is 16.6. The van der Waals surface area contributed by atoms with Gasteiger partial charge in [0.1, 0.15) is 29.2 Å². The highest BCUT2D eigenvalue weighted by Gasteiger charge is 2.44. The number of aliphatic hydroxyl groups excluding tert-OH is 1. The van der Waals surface area contributed by atoms with E-state index in [9.17, 15) is 24.3 Å². The number of primary amides is 1. The summed E-state index contributed by atoms with van der Waals surface area (Å²) >= 11 is 0. The number of carbonyl (C=O) groups excluding carboxylic acids is 4. The summed E-state index contributed by atoms with van der Waals surface area (Å²) in [5.41, 5.74) is 4.01. The van der Waals surface area contributed by atoms with E-state index >= 15 is 0 Å². The van der Waals surface area contributed by atoms with Crippen LogP contribution in [0, 0.1) is 29.6 Å². The van der Waals surface area contributed by atoms with Crippen molar-refractivity contribution in [3.63, 3.8) is 0 Å². The van der Waals surface area contributed by atoms with Crippen molar-refractivity contribution in [1.29, 1.82) is 0 Å². The molecule has 0 aromatic rings. The minimum atomic E-state index is -1.27. The summed E-state index contributed by atoms with van der Waals surface area (Å²) in [7, 11) is 4.07. The first-order valence-electron chi connectivity index (χ1n) is 14.7. The SMILES string of the molecule is CC1CC(N(C)C)CC(O)O1.CCC1OC(=O)C(C)C(=O)C(C)CC(C)C[C@@H](C)C(=O)[C@H](C)C[C@]1(C)OC(N)=O. The van der Waals surface area contributed by atoms with E-state index in [-0.39, 0.29) is 41.8 Å². The minimum absolute atomic E-state index is 0.0572. The lowest BCUT2D eigenvalue weighted by atomic mass is 9.78. The molecule has 2 heterocycles. The van der Waals surface area contributed by atoms with Gasteiger partial charge in [-0.05, 0) is 66.5 Å². The Morgan fingerprint density at radius 3 is 2.00 bits per heavy atom. The Morgan fingerprint density at radius 2 is 1.52 bits per heavy atom. The van der Waals surface area contributed by atoms with Crippen molar-refractivity contribution in [2.45, 2.75) is 124 Å². The van der Waals surface area contributed by atoms with E-state index in [2.05, 4.69) is 4.90 Å². The van der Waals surface area contributed by atoms with Gasteiger partial charge in [-0.15, -0.1) is 0 Å². The molecule has 10 heteroatoms. The number of carbonyl (C=O) groups is 4. The van der Waals surface area contributed by atoms with Crippen LogP contribution in [0.3, 0.4) is 0 Å². The molecule has 0 saturated carbocycles. The molecule has 0 bridgehead atoms. The third kappa shape index (κ3) is 10.7. The number of ether oxygens (including phenoxy) is 3. The lowest BCUT2D eigenvalue weighted by Gasteiger charge is -2.38. The van der Waals surface area contributed by atoms with Gasteiger partial charge in [0, 0.05) is 36.6 Å². The van der Waals surface area contributed by atoms with Crippen LogP contribution in [0.2, 0.25) is 0 Å². The highest BCUT2D eigenvalue weighted by molar-refractivity contribution is 5.99. The summed E-state index contributed by atoms with van der Waals surface area (Å²) in [6, 6.07) is 0.466. The molecule has 10 nitrogen and oxygen atoms in total. The van der Waals surface area contributed by atoms with Crippen LogP contribution in [-0.4, -0.2) is 77.9 Å². The van der Waals surface area contributed by atoms with Gasteiger partial charge in [0.05, 0.1) is 6.10 Å². The Hall–Kier alpha value is -2.04. The average Bonchev–Trinajstić information content (AvgIpc) is 2.83. The number of rotatable bonds is 3. The van der Waals surface area contributed by atoms with E-state index in [0.29, 0.717) is 25.3 Å². The maximum absolute atomic E-state index is 12.9. The lowest BCUT2D eigenvalue weighted by Crippen LogP contribution is -2.50. The van der Waals surface area contributed by atoms with E-state index < -0.39 is 41.9 Å². The van der Waals surface area contributed by atoms with Gasteiger partial charge in [-0.1, -0.05) is 34.6 Å². The van der Waals surface area contributed by atoms with Crippen molar-refractivity contribution in [2.75, 3.05) is 14.1 Å². The molecule has 7 unspecified atom stereocenters. The van der Waals surface area contributed by atoms with E-state index in [0.717, 1.165) is 12.8 Å². The summed E-state index contributed by atoms with van der Waals surface area (Å²) in [4.78, 5) is 52.1. The van der Waals surface area contributed by atoms with Crippen LogP contribution in [0.1, 0.15) is 93.9 Å². The van der Waals surface area contributed by atoms with Crippen LogP contribution >= 0.6 is 0 Å². The molecule has 3 N–H and O–H groups in total. The van der Waals surface area contributed by atoms with Gasteiger partial charge in [-0.25, -0.2) is 4.79 Å². The zero-order valence-electron chi connectivity index (χ0n) is 26.3. The number of Topliss-reactive ketones (excluding diaryl/α,β-unsaturated/α-hetero) is 2. The third-order valence-electron chi connectivity index (χ3n) is 8.30. The fraction of sp³-hybridized carbons (Fsp3) is 0.867. The van der Waals surface area contributed by atoms with Crippen molar-refractivity contribution in [3.05, 3.63) is 0 Å². The van der Waals surface area contributed by atoms with Crippen molar-refractivity contribution >= 4 is 23.6 Å². The smallest absolute Gasteiger partial charge is 0.405 e. The van der Waals surface area contributed by atoms with E-state index in [4.69, 9.17) is 19.9 Å². The van der Waals surface area contributed by atoms with Gasteiger partial charge in [-0.3, -0.25) is 14.4 Å². The number of hydrogen-bond donors (Lipinski definition) is 2. The normalized spacial score (nSPS) is 38.5. The first-order chi connectivity index (χ1) is 18.4. The van der Waals surface area contributed by atoms with Gasteiger partial charge in [0.15, 0.2) is 6.29 Å². The van der Waals surface area contributed by atoms with Gasteiger partial charge in [0.25, 0.3) is 0 Å². The van der Waals surface area contributed by atoms with E-state index in [1.165, 1.54) is 0 Å². The molecule has 0 aromatic carbocycles. The van der Waals surface area contributed by atoms with Crippen LogP contribution in [0.25, 0.3) is 0 Å². The summed E-state index contributed by atoms with van der Waals surface area (Å²) in [5, 5.41) is 9.25. The number of amides is 1. The molecule has 2 aliphatic rings. The Bertz CT molecular complexity index is 855. The monoisotopic (exact) mass is 570 g/mol. The quantitative estimate of drug-likeness (QED) is 0.378. The Morgan fingerprint density at radius 1 is 0.975 bits per heavy atom. The zero-order valence-corrected chi connectivity index (χ0v) is 26.3. The Kier molecular flexibility index (Phi) is 14.2. The molecule has 0 aromatic heterocycles. The molecule has 10 atom stereocenters. The molecule has 2 rings (SSSR count). The van der Waals surface area contributed by atoms with Crippen LogP contribution < -0.4 is 5.73 Å². The summed E-state index contributed by atoms with van der Waals surface area (Å²) < 4.78 is 16.2. The van der Waals surface area contributed by atoms with Crippen LogP contribution in [0.15, 0.2) is 0 Å².